The second-order valence-corrected chi connectivity index (χ2v) is 2.89. The molecule has 0 atom stereocenters. The van der Waals surface area contributed by atoms with Gasteiger partial charge >= 0.3 is 5.91 Å². The van der Waals surface area contributed by atoms with Crippen LogP contribution < -0.4 is 10.2 Å². The third kappa shape index (κ3) is 3.07. The molecule has 0 spiro atoms. The maximum absolute atomic E-state index is 11.1. The van der Waals surface area contributed by atoms with Gasteiger partial charge in [-0.3, -0.25) is 14.8 Å². The monoisotopic (exact) mass is 209 g/mol. The fourth-order valence-electron chi connectivity index (χ4n) is 1.11. The molecule has 15 heavy (non-hydrogen) atoms. The summed E-state index contributed by atoms with van der Waals surface area (Å²) in [4.78, 5) is 21.9. The van der Waals surface area contributed by atoms with Gasteiger partial charge in [0.25, 0.3) is 0 Å². The third-order valence-corrected chi connectivity index (χ3v) is 1.85. The second-order valence-electron chi connectivity index (χ2n) is 2.89. The van der Waals surface area contributed by atoms with Crippen molar-refractivity contribution in [1.29, 1.82) is 0 Å². The van der Waals surface area contributed by atoms with Crippen LogP contribution in [0.3, 0.4) is 0 Å². The molecule has 0 saturated carbocycles. The number of rotatable bonds is 4. The van der Waals surface area contributed by atoms with E-state index in [1.165, 1.54) is 12.6 Å². The Kier molecular flexibility index (Phi) is 3.82. The molecule has 2 N–H and O–H groups in total. The van der Waals surface area contributed by atoms with E-state index in [2.05, 4.69) is 0 Å². The highest BCUT2D eigenvalue weighted by Crippen LogP contribution is 2.12. The van der Waals surface area contributed by atoms with Crippen LogP contribution in [0, 0.1) is 0 Å². The molecule has 1 aromatic rings. The van der Waals surface area contributed by atoms with E-state index in [9.17, 15) is 9.59 Å². The van der Waals surface area contributed by atoms with Gasteiger partial charge in [0.1, 0.15) is 5.75 Å². The molecule has 0 unspecified atom stereocenters. The standard InChI is InChI=1S/C10H11NO4/c1-15-8-4-2-3-7(5-8)6-9(12)10(13)11-14/h2-5,14H,6H2,1H3,(H,11,13). The van der Waals surface area contributed by atoms with Crippen molar-refractivity contribution >= 4 is 11.7 Å². The summed E-state index contributed by atoms with van der Waals surface area (Å²) in [6.45, 7) is 0. The maximum atomic E-state index is 11.1. The molecule has 5 nitrogen and oxygen atoms in total. The van der Waals surface area contributed by atoms with Crippen LogP contribution in [0.1, 0.15) is 5.56 Å². The van der Waals surface area contributed by atoms with Crippen LogP contribution in [0.2, 0.25) is 0 Å². The molecule has 5 heteroatoms. The first-order valence-corrected chi connectivity index (χ1v) is 4.27. The van der Waals surface area contributed by atoms with Crippen molar-refractivity contribution in [3.63, 3.8) is 0 Å². The van der Waals surface area contributed by atoms with Gasteiger partial charge in [0, 0.05) is 6.42 Å². The van der Waals surface area contributed by atoms with Gasteiger partial charge in [-0.15, -0.1) is 0 Å². The Bertz CT molecular complexity index is 375. The van der Waals surface area contributed by atoms with Crippen molar-refractivity contribution in [2.75, 3.05) is 7.11 Å². The number of ketones is 1. The lowest BCUT2D eigenvalue weighted by Gasteiger charge is -2.02. The van der Waals surface area contributed by atoms with E-state index in [1.807, 2.05) is 0 Å². The normalized spacial score (nSPS) is 9.47. The van der Waals surface area contributed by atoms with Gasteiger partial charge in [-0.2, -0.15) is 0 Å². The van der Waals surface area contributed by atoms with Gasteiger partial charge in [-0.25, -0.2) is 5.48 Å². The van der Waals surface area contributed by atoms with Crippen LogP contribution in [-0.4, -0.2) is 24.0 Å². The lowest BCUT2D eigenvalue weighted by Crippen LogP contribution is -2.29. The summed E-state index contributed by atoms with van der Waals surface area (Å²) in [6.07, 6.45) is -0.0659. The fraction of sp³-hybridized carbons (Fsp3) is 0.200. The van der Waals surface area contributed by atoms with Crippen LogP contribution in [0.25, 0.3) is 0 Å². The van der Waals surface area contributed by atoms with Gasteiger partial charge < -0.3 is 4.74 Å². The average molecular weight is 209 g/mol. The minimum atomic E-state index is -1.02. The Morgan fingerprint density at radius 3 is 2.80 bits per heavy atom. The zero-order chi connectivity index (χ0) is 11.3. The molecule has 0 aromatic heterocycles. The number of hydrogen-bond donors (Lipinski definition) is 2. The number of ether oxygens (including phenoxy) is 1. The first-order chi connectivity index (χ1) is 7.17. The van der Waals surface area contributed by atoms with Gasteiger partial charge in [-0.1, -0.05) is 12.1 Å². The maximum Gasteiger partial charge on any atom is 0.311 e. The summed E-state index contributed by atoms with van der Waals surface area (Å²) >= 11 is 0. The fourth-order valence-corrected chi connectivity index (χ4v) is 1.11. The molecule has 1 amide bonds. The lowest BCUT2D eigenvalue weighted by molar-refractivity contribution is -0.142. The molecule has 0 aliphatic carbocycles. The molecule has 0 saturated heterocycles. The largest absolute Gasteiger partial charge is 0.497 e. The molecule has 1 rings (SSSR count). The summed E-state index contributed by atoms with van der Waals surface area (Å²) in [7, 11) is 1.52. The molecule has 80 valence electrons. The Hall–Kier alpha value is -1.88. The second kappa shape index (κ2) is 5.11. The lowest BCUT2D eigenvalue weighted by atomic mass is 10.1. The predicted octanol–water partition coefficient (Wildman–Crippen LogP) is 0.312. The topological polar surface area (TPSA) is 75.6 Å². The molecular formula is C10H11NO4. The highest BCUT2D eigenvalue weighted by atomic mass is 16.5. The summed E-state index contributed by atoms with van der Waals surface area (Å²) < 4.78 is 4.96. The first kappa shape index (κ1) is 11.2. The van der Waals surface area contributed by atoms with E-state index in [0.717, 1.165) is 0 Å². The van der Waals surface area contributed by atoms with E-state index in [1.54, 1.807) is 24.3 Å². The smallest absolute Gasteiger partial charge is 0.311 e. The predicted molar refractivity (Wildman–Crippen MR) is 51.6 cm³/mol. The van der Waals surface area contributed by atoms with E-state index >= 15 is 0 Å². The molecular weight excluding hydrogens is 198 g/mol. The summed E-state index contributed by atoms with van der Waals surface area (Å²) in [6, 6.07) is 6.81. The highest BCUT2D eigenvalue weighted by Gasteiger charge is 2.13. The Labute approximate surface area is 86.6 Å². The minimum Gasteiger partial charge on any atom is -0.497 e. The van der Waals surface area contributed by atoms with Gasteiger partial charge in [-0.05, 0) is 17.7 Å². The van der Waals surface area contributed by atoms with Crippen LogP contribution >= 0.6 is 0 Å². The highest BCUT2D eigenvalue weighted by molar-refractivity contribution is 6.36. The van der Waals surface area contributed by atoms with Crippen LogP contribution in [0.4, 0.5) is 0 Å². The van der Waals surface area contributed by atoms with Crippen molar-refractivity contribution in [3.05, 3.63) is 29.8 Å². The molecule has 0 fully saturated rings. The summed E-state index contributed by atoms with van der Waals surface area (Å²) in [5.74, 6) is -1.10. The van der Waals surface area contributed by atoms with Crippen molar-refractivity contribution in [3.8, 4) is 5.75 Å². The quantitative estimate of drug-likeness (QED) is 0.425. The Morgan fingerprint density at radius 1 is 1.47 bits per heavy atom. The zero-order valence-electron chi connectivity index (χ0n) is 8.19. The van der Waals surface area contributed by atoms with Gasteiger partial charge in [0.15, 0.2) is 0 Å². The number of nitrogens with one attached hydrogen (secondary N) is 1. The number of hydrogen-bond acceptors (Lipinski definition) is 4. The number of carbonyl (C=O) groups excluding carboxylic acids is 2. The van der Waals surface area contributed by atoms with Crippen molar-refractivity contribution in [1.82, 2.24) is 5.48 Å². The summed E-state index contributed by atoms with van der Waals surface area (Å²) in [5.41, 5.74) is 1.95. The molecule has 0 aliphatic heterocycles. The molecule has 1 aromatic carbocycles. The number of hydroxylamine groups is 1. The van der Waals surface area contributed by atoms with E-state index in [4.69, 9.17) is 9.94 Å². The summed E-state index contributed by atoms with van der Waals surface area (Å²) in [5, 5.41) is 8.24. The van der Waals surface area contributed by atoms with E-state index < -0.39 is 11.7 Å². The Morgan fingerprint density at radius 2 is 2.20 bits per heavy atom. The van der Waals surface area contributed by atoms with Crippen LogP contribution in [0.15, 0.2) is 24.3 Å². The van der Waals surface area contributed by atoms with E-state index in [0.29, 0.717) is 11.3 Å². The Balaban J connectivity index is 2.72. The SMILES string of the molecule is COc1cccc(CC(=O)C(=O)NO)c1. The third-order valence-electron chi connectivity index (χ3n) is 1.85. The van der Waals surface area contributed by atoms with E-state index in [-0.39, 0.29) is 6.42 Å². The van der Waals surface area contributed by atoms with Crippen molar-refractivity contribution in [2.45, 2.75) is 6.42 Å². The molecule has 0 aliphatic rings. The number of benzene rings is 1. The first-order valence-electron chi connectivity index (χ1n) is 4.27. The van der Waals surface area contributed by atoms with Crippen LogP contribution in [0.5, 0.6) is 5.75 Å². The molecule has 0 bridgehead atoms. The van der Waals surface area contributed by atoms with Gasteiger partial charge in [0.2, 0.25) is 5.78 Å². The number of amides is 1. The molecule has 0 heterocycles. The van der Waals surface area contributed by atoms with Crippen molar-refractivity contribution in [2.24, 2.45) is 0 Å². The zero-order valence-corrected chi connectivity index (χ0v) is 8.19. The average Bonchev–Trinajstić information content (AvgIpc) is 2.28. The number of Topliss-reactive ketones (excluding diaryl/α,β-unsaturated/α-hetero) is 1. The minimum absolute atomic E-state index is 0.0659. The van der Waals surface area contributed by atoms with Crippen molar-refractivity contribution < 1.29 is 19.5 Å². The van der Waals surface area contributed by atoms with Gasteiger partial charge in [0.05, 0.1) is 7.11 Å². The number of methoxy groups -OCH3 is 1. The van der Waals surface area contributed by atoms with Crippen LogP contribution in [-0.2, 0) is 16.0 Å². The molecule has 0 radical (unpaired) electrons. The number of carbonyl (C=O) groups is 2.